The zero-order chi connectivity index (χ0) is 16.1. The predicted molar refractivity (Wildman–Crippen MR) is 87.2 cm³/mol. The van der Waals surface area contributed by atoms with Crippen molar-refractivity contribution in [1.29, 1.82) is 5.26 Å². The summed E-state index contributed by atoms with van der Waals surface area (Å²) in [5, 5.41) is 12.2. The molecule has 1 aliphatic rings. The van der Waals surface area contributed by atoms with Gasteiger partial charge >= 0.3 is 0 Å². The van der Waals surface area contributed by atoms with Crippen LogP contribution < -0.4 is 15.0 Å². The minimum absolute atomic E-state index is 0.333. The molecule has 3 heterocycles. The normalized spacial score (nSPS) is 17.6. The van der Waals surface area contributed by atoms with Gasteiger partial charge in [0.05, 0.1) is 11.3 Å². The van der Waals surface area contributed by atoms with Gasteiger partial charge in [-0.15, -0.1) is 0 Å². The lowest BCUT2D eigenvalue weighted by Gasteiger charge is -2.32. The van der Waals surface area contributed by atoms with Crippen LogP contribution in [0.3, 0.4) is 0 Å². The molecular weight excluding hydrogens is 290 g/mol. The molecule has 2 aromatic heterocycles. The van der Waals surface area contributed by atoms with E-state index in [1.165, 1.54) is 0 Å². The molecule has 0 amide bonds. The average Bonchev–Trinajstić information content (AvgIpc) is 2.61. The third-order valence-corrected chi connectivity index (χ3v) is 3.72. The zero-order valence-corrected chi connectivity index (χ0v) is 13.1. The van der Waals surface area contributed by atoms with Crippen molar-refractivity contribution in [1.82, 2.24) is 15.3 Å². The number of ether oxygens (including phenoxy) is 1. The molecule has 0 aliphatic carbocycles. The van der Waals surface area contributed by atoms with Gasteiger partial charge in [-0.25, -0.2) is 0 Å². The lowest BCUT2D eigenvalue weighted by atomic mass is 10.2. The first-order valence-corrected chi connectivity index (χ1v) is 7.68. The molecule has 6 heteroatoms. The molecule has 1 atom stereocenters. The molecule has 118 valence electrons. The fraction of sp³-hybridized carbons (Fsp3) is 0.353. The highest BCUT2D eigenvalue weighted by molar-refractivity contribution is 5.41. The van der Waals surface area contributed by atoms with E-state index >= 15 is 0 Å². The molecule has 1 saturated heterocycles. The minimum Gasteiger partial charge on any atom is -0.471 e. The van der Waals surface area contributed by atoms with E-state index in [2.05, 4.69) is 27.1 Å². The Balaban J connectivity index is 1.64. The van der Waals surface area contributed by atoms with Crippen molar-refractivity contribution >= 4 is 5.82 Å². The highest BCUT2D eigenvalue weighted by atomic mass is 16.5. The number of pyridine rings is 2. The van der Waals surface area contributed by atoms with Gasteiger partial charge in [0.2, 0.25) is 5.88 Å². The standard InChI is InChI=1S/C17H19N5O/c1-13-11-22(8-7-19-13)16-3-2-4-17(21-16)23-12-15-6-5-14(9-18)10-20-15/h2-6,10,13,19H,7-8,11-12H2,1H3/t13-/m0/s1. The largest absolute Gasteiger partial charge is 0.471 e. The van der Waals surface area contributed by atoms with E-state index in [0.29, 0.717) is 24.1 Å². The van der Waals surface area contributed by atoms with Gasteiger partial charge in [0.15, 0.2) is 0 Å². The molecule has 23 heavy (non-hydrogen) atoms. The van der Waals surface area contributed by atoms with Crippen molar-refractivity contribution in [2.75, 3.05) is 24.5 Å². The highest BCUT2D eigenvalue weighted by Gasteiger charge is 2.17. The van der Waals surface area contributed by atoms with E-state index in [0.717, 1.165) is 31.1 Å². The van der Waals surface area contributed by atoms with Crippen LogP contribution >= 0.6 is 0 Å². The summed E-state index contributed by atoms with van der Waals surface area (Å²) in [5.41, 5.74) is 1.31. The number of nitrogens with zero attached hydrogens (tertiary/aromatic N) is 4. The number of rotatable bonds is 4. The van der Waals surface area contributed by atoms with Crippen LogP contribution in [0.25, 0.3) is 0 Å². The van der Waals surface area contributed by atoms with Gasteiger partial charge in [-0.05, 0) is 25.1 Å². The SMILES string of the molecule is C[C@H]1CN(c2cccc(OCc3ccc(C#N)cn3)n2)CCN1. The summed E-state index contributed by atoms with van der Waals surface area (Å²) in [6.07, 6.45) is 1.55. The van der Waals surface area contributed by atoms with Gasteiger partial charge in [-0.1, -0.05) is 6.07 Å². The first kappa shape index (κ1) is 15.3. The quantitative estimate of drug-likeness (QED) is 0.927. The summed E-state index contributed by atoms with van der Waals surface area (Å²) >= 11 is 0. The topological polar surface area (TPSA) is 74.1 Å². The maximum atomic E-state index is 8.77. The summed E-state index contributed by atoms with van der Waals surface area (Å²) < 4.78 is 5.73. The molecule has 0 saturated carbocycles. The first-order valence-electron chi connectivity index (χ1n) is 7.68. The number of hydrogen-bond acceptors (Lipinski definition) is 6. The summed E-state index contributed by atoms with van der Waals surface area (Å²) in [5.74, 6) is 1.52. The molecule has 1 fully saturated rings. The molecule has 2 aromatic rings. The Bertz CT molecular complexity index is 695. The summed E-state index contributed by atoms with van der Waals surface area (Å²) in [4.78, 5) is 11.0. The van der Waals surface area contributed by atoms with Crippen LogP contribution in [0.1, 0.15) is 18.2 Å². The van der Waals surface area contributed by atoms with E-state index in [9.17, 15) is 0 Å². The number of nitriles is 1. The van der Waals surface area contributed by atoms with Gasteiger partial charge in [0.1, 0.15) is 18.5 Å². The summed E-state index contributed by atoms with van der Waals surface area (Å²) in [6.45, 7) is 5.35. The highest BCUT2D eigenvalue weighted by Crippen LogP contribution is 2.18. The summed E-state index contributed by atoms with van der Waals surface area (Å²) in [7, 11) is 0. The van der Waals surface area contributed by atoms with E-state index in [4.69, 9.17) is 10.00 Å². The third-order valence-electron chi connectivity index (χ3n) is 3.72. The third kappa shape index (κ3) is 3.96. The van der Waals surface area contributed by atoms with Crippen molar-refractivity contribution < 1.29 is 4.74 Å². The van der Waals surface area contributed by atoms with Gasteiger partial charge in [0.25, 0.3) is 0 Å². The lowest BCUT2D eigenvalue weighted by molar-refractivity contribution is 0.289. The minimum atomic E-state index is 0.333. The van der Waals surface area contributed by atoms with E-state index < -0.39 is 0 Å². The molecule has 6 nitrogen and oxygen atoms in total. The second-order valence-electron chi connectivity index (χ2n) is 5.57. The molecule has 0 spiro atoms. The van der Waals surface area contributed by atoms with E-state index in [1.807, 2.05) is 24.3 Å². The number of hydrogen-bond donors (Lipinski definition) is 1. The Morgan fingerprint density at radius 1 is 1.39 bits per heavy atom. The van der Waals surface area contributed by atoms with Crippen LogP contribution in [0.15, 0.2) is 36.5 Å². The van der Waals surface area contributed by atoms with Crippen molar-refractivity contribution in [3.8, 4) is 11.9 Å². The van der Waals surface area contributed by atoms with Crippen LogP contribution in [-0.4, -0.2) is 35.6 Å². The zero-order valence-electron chi connectivity index (χ0n) is 13.1. The second kappa shape index (κ2) is 7.07. The molecule has 0 radical (unpaired) electrons. The fourth-order valence-electron chi connectivity index (χ4n) is 2.52. The maximum Gasteiger partial charge on any atom is 0.215 e. The van der Waals surface area contributed by atoms with Crippen LogP contribution in [0.4, 0.5) is 5.82 Å². The van der Waals surface area contributed by atoms with Crippen molar-refractivity contribution in [2.24, 2.45) is 0 Å². The molecule has 1 N–H and O–H groups in total. The number of nitrogens with one attached hydrogen (secondary N) is 1. The van der Waals surface area contributed by atoms with Crippen LogP contribution in [-0.2, 0) is 6.61 Å². The monoisotopic (exact) mass is 309 g/mol. The Morgan fingerprint density at radius 2 is 2.30 bits per heavy atom. The van der Waals surface area contributed by atoms with Crippen LogP contribution in [0, 0.1) is 11.3 Å². The lowest BCUT2D eigenvalue weighted by Crippen LogP contribution is -2.49. The first-order chi connectivity index (χ1) is 11.2. The molecule has 0 aromatic carbocycles. The molecule has 1 aliphatic heterocycles. The van der Waals surface area contributed by atoms with E-state index in [-0.39, 0.29) is 0 Å². The average molecular weight is 309 g/mol. The smallest absolute Gasteiger partial charge is 0.215 e. The van der Waals surface area contributed by atoms with Crippen molar-refractivity contribution in [3.63, 3.8) is 0 Å². The predicted octanol–water partition coefficient (Wildman–Crippen LogP) is 1.73. The van der Waals surface area contributed by atoms with Gasteiger partial charge in [0, 0.05) is 37.9 Å². The van der Waals surface area contributed by atoms with Crippen molar-refractivity contribution in [2.45, 2.75) is 19.6 Å². The van der Waals surface area contributed by atoms with Gasteiger partial charge < -0.3 is 15.0 Å². The number of aromatic nitrogens is 2. The van der Waals surface area contributed by atoms with Gasteiger partial charge in [-0.2, -0.15) is 10.2 Å². The fourth-order valence-corrected chi connectivity index (χ4v) is 2.52. The molecule has 0 unspecified atom stereocenters. The van der Waals surface area contributed by atoms with E-state index in [1.54, 1.807) is 18.3 Å². The number of piperazine rings is 1. The Morgan fingerprint density at radius 3 is 3.04 bits per heavy atom. The van der Waals surface area contributed by atoms with Crippen LogP contribution in [0.5, 0.6) is 5.88 Å². The van der Waals surface area contributed by atoms with Crippen molar-refractivity contribution in [3.05, 3.63) is 47.8 Å². The Hall–Kier alpha value is -2.65. The Labute approximate surface area is 135 Å². The second-order valence-corrected chi connectivity index (χ2v) is 5.57. The van der Waals surface area contributed by atoms with Gasteiger partial charge in [-0.3, -0.25) is 4.98 Å². The number of anilines is 1. The van der Waals surface area contributed by atoms with Crippen LogP contribution in [0.2, 0.25) is 0 Å². The Kier molecular flexibility index (Phi) is 4.69. The maximum absolute atomic E-state index is 8.77. The summed E-state index contributed by atoms with van der Waals surface area (Å²) in [6, 6.07) is 11.8. The molecule has 0 bridgehead atoms. The molecular formula is C17H19N5O. The molecule has 3 rings (SSSR count).